The summed E-state index contributed by atoms with van der Waals surface area (Å²) in [4.78, 5) is 10.9. The second-order valence-electron chi connectivity index (χ2n) is 5.91. The molecule has 0 rings (SSSR count). The summed E-state index contributed by atoms with van der Waals surface area (Å²) in [6.07, 6.45) is 32.2. The zero-order valence-electron chi connectivity index (χ0n) is 16.2. The van der Waals surface area contributed by atoms with Crippen LogP contribution in [-0.2, 0) is 9.53 Å². The number of hydrogen-bond acceptors (Lipinski definition) is 2. The second kappa shape index (κ2) is 20.2. The van der Waals surface area contributed by atoms with Crippen LogP contribution < -0.4 is 0 Å². The van der Waals surface area contributed by atoms with Crippen molar-refractivity contribution < 1.29 is 9.53 Å². The van der Waals surface area contributed by atoms with Crippen LogP contribution in [0, 0.1) is 0 Å². The molecule has 0 spiro atoms. The van der Waals surface area contributed by atoms with Gasteiger partial charge in [0.25, 0.3) is 0 Å². The van der Waals surface area contributed by atoms with Crippen LogP contribution in [0.2, 0.25) is 0 Å². The Bertz CT molecular complexity index is 439. The number of methoxy groups -OCH3 is 1. The molecule has 0 aliphatic heterocycles. The SMILES string of the molecule is CCCCC/C=C/C/C=C/C/C=C/C/C=C/C/C=C/CCC(=O)OC. The van der Waals surface area contributed by atoms with Crippen LogP contribution in [0.15, 0.2) is 60.8 Å². The van der Waals surface area contributed by atoms with E-state index in [-0.39, 0.29) is 5.97 Å². The van der Waals surface area contributed by atoms with Crippen molar-refractivity contribution in [1.82, 2.24) is 0 Å². The second-order valence-corrected chi connectivity index (χ2v) is 5.91. The third-order valence-electron chi connectivity index (χ3n) is 3.64. The molecule has 0 atom stereocenters. The molecule has 0 amide bonds. The number of esters is 1. The van der Waals surface area contributed by atoms with Crippen LogP contribution >= 0.6 is 0 Å². The average Bonchev–Trinajstić information content (AvgIpc) is 2.63. The molecule has 0 radical (unpaired) electrons. The number of hydrogen-bond donors (Lipinski definition) is 0. The van der Waals surface area contributed by atoms with Crippen molar-refractivity contribution in [1.29, 1.82) is 0 Å². The molecule has 25 heavy (non-hydrogen) atoms. The topological polar surface area (TPSA) is 26.3 Å². The van der Waals surface area contributed by atoms with Gasteiger partial charge in [-0.15, -0.1) is 0 Å². The van der Waals surface area contributed by atoms with E-state index < -0.39 is 0 Å². The number of rotatable bonds is 15. The van der Waals surface area contributed by atoms with Gasteiger partial charge in [-0.3, -0.25) is 4.79 Å². The summed E-state index contributed by atoms with van der Waals surface area (Å²) in [5.74, 6) is -0.151. The molecule has 140 valence electrons. The Kier molecular flexibility index (Phi) is 18.7. The van der Waals surface area contributed by atoms with Crippen molar-refractivity contribution in [2.75, 3.05) is 7.11 Å². The monoisotopic (exact) mass is 344 g/mol. The molecule has 0 aliphatic rings. The molecule has 0 saturated carbocycles. The number of carbonyl (C=O) groups excluding carboxylic acids is 1. The Morgan fingerprint density at radius 2 is 1.12 bits per heavy atom. The Labute approximate surface area is 155 Å². The van der Waals surface area contributed by atoms with Crippen molar-refractivity contribution in [2.45, 2.75) is 71.1 Å². The maximum atomic E-state index is 10.9. The summed E-state index contributed by atoms with van der Waals surface area (Å²) in [6.45, 7) is 2.24. The Morgan fingerprint density at radius 3 is 1.56 bits per heavy atom. The number of ether oxygens (including phenoxy) is 1. The predicted molar refractivity (Wildman–Crippen MR) is 110 cm³/mol. The molecule has 2 heteroatoms. The van der Waals surface area contributed by atoms with Crippen LogP contribution in [-0.4, -0.2) is 13.1 Å². The van der Waals surface area contributed by atoms with Gasteiger partial charge in [0.05, 0.1) is 7.11 Å². The number of carbonyl (C=O) groups is 1. The Balaban J connectivity index is 3.48. The molecule has 0 N–H and O–H groups in total. The first kappa shape index (κ1) is 23.2. The summed E-state index contributed by atoms with van der Waals surface area (Å²) in [5.41, 5.74) is 0. The van der Waals surface area contributed by atoms with E-state index in [1.165, 1.54) is 32.8 Å². The quantitative estimate of drug-likeness (QED) is 0.184. The summed E-state index contributed by atoms with van der Waals surface area (Å²) in [5, 5.41) is 0. The highest BCUT2D eigenvalue weighted by molar-refractivity contribution is 5.69. The van der Waals surface area contributed by atoms with Gasteiger partial charge in [0, 0.05) is 6.42 Å². The lowest BCUT2D eigenvalue weighted by Crippen LogP contribution is -1.97. The smallest absolute Gasteiger partial charge is 0.305 e. The van der Waals surface area contributed by atoms with Crippen LogP contribution in [0.3, 0.4) is 0 Å². The third-order valence-corrected chi connectivity index (χ3v) is 3.64. The highest BCUT2D eigenvalue weighted by Gasteiger charge is 1.94. The van der Waals surface area contributed by atoms with Gasteiger partial charge in [-0.2, -0.15) is 0 Å². The highest BCUT2D eigenvalue weighted by Crippen LogP contribution is 2.01. The van der Waals surface area contributed by atoms with Gasteiger partial charge in [-0.25, -0.2) is 0 Å². The summed E-state index contributed by atoms with van der Waals surface area (Å²) >= 11 is 0. The molecule has 0 aromatic carbocycles. The molecule has 0 heterocycles. The molecule has 0 aromatic heterocycles. The van der Waals surface area contributed by atoms with E-state index in [0.29, 0.717) is 6.42 Å². The third kappa shape index (κ3) is 20.1. The van der Waals surface area contributed by atoms with Gasteiger partial charge in [0.2, 0.25) is 0 Å². The standard InChI is InChI=1S/C23H36O2/c1-3-4-5-6-7-8-9-10-11-12-13-14-15-16-17-18-19-20-21-22-23(24)25-2/h7-8,10-11,13-14,16-17,19-20H,3-6,9,12,15,18,21-22H2,1-2H3/b8-7+,11-10+,14-13+,17-16+,20-19+. The van der Waals surface area contributed by atoms with Gasteiger partial charge in [0.1, 0.15) is 0 Å². The molecular formula is C23H36O2. The van der Waals surface area contributed by atoms with Crippen LogP contribution in [0.1, 0.15) is 71.1 Å². The maximum Gasteiger partial charge on any atom is 0.305 e. The lowest BCUT2D eigenvalue weighted by molar-refractivity contribution is -0.140. The Hall–Kier alpha value is -1.83. The van der Waals surface area contributed by atoms with E-state index >= 15 is 0 Å². The lowest BCUT2D eigenvalue weighted by Gasteiger charge is -1.93. The fraction of sp³-hybridized carbons (Fsp3) is 0.522. The van der Waals surface area contributed by atoms with Gasteiger partial charge in [0.15, 0.2) is 0 Å². The molecule has 0 unspecified atom stereocenters. The minimum absolute atomic E-state index is 0.151. The van der Waals surface area contributed by atoms with E-state index in [1.807, 2.05) is 6.08 Å². The maximum absolute atomic E-state index is 10.9. The molecule has 0 fully saturated rings. The fourth-order valence-corrected chi connectivity index (χ4v) is 2.14. The largest absolute Gasteiger partial charge is 0.469 e. The molecule has 2 nitrogen and oxygen atoms in total. The predicted octanol–water partition coefficient (Wildman–Crippen LogP) is 6.86. The molecule has 0 aromatic rings. The van der Waals surface area contributed by atoms with Gasteiger partial charge >= 0.3 is 5.97 Å². The van der Waals surface area contributed by atoms with Gasteiger partial charge < -0.3 is 4.74 Å². The first-order chi connectivity index (χ1) is 12.3. The van der Waals surface area contributed by atoms with Gasteiger partial charge in [-0.05, 0) is 44.9 Å². The highest BCUT2D eigenvalue weighted by atomic mass is 16.5. The van der Waals surface area contributed by atoms with Crippen LogP contribution in [0.4, 0.5) is 0 Å². The molecule has 0 saturated heterocycles. The fourth-order valence-electron chi connectivity index (χ4n) is 2.14. The zero-order chi connectivity index (χ0) is 18.4. The summed E-state index contributed by atoms with van der Waals surface area (Å²) in [7, 11) is 1.42. The molecule has 0 bridgehead atoms. The van der Waals surface area contributed by atoms with Crippen LogP contribution in [0.25, 0.3) is 0 Å². The summed E-state index contributed by atoms with van der Waals surface area (Å²) < 4.78 is 4.58. The van der Waals surface area contributed by atoms with E-state index in [4.69, 9.17) is 0 Å². The first-order valence-corrected chi connectivity index (χ1v) is 9.63. The van der Waals surface area contributed by atoms with Crippen molar-refractivity contribution in [3.05, 3.63) is 60.8 Å². The van der Waals surface area contributed by atoms with Gasteiger partial charge in [-0.1, -0.05) is 80.5 Å². The molecule has 0 aliphatic carbocycles. The normalized spacial score (nSPS) is 12.6. The summed E-state index contributed by atoms with van der Waals surface area (Å²) in [6, 6.07) is 0. The number of unbranched alkanes of at least 4 members (excludes halogenated alkanes) is 3. The lowest BCUT2D eigenvalue weighted by atomic mass is 10.2. The van der Waals surface area contributed by atoms with Crippen molar-refractivity contribution in [2.24, 2.45) is 0 Å². The van der Waals surface area contributed by atoms with Crippen molar-refractivity contribution in [3.63, 3.8) is 0 Å². The van der Waals surface area contributed by atoms with Crippen LogP contribution in [0.5, 0.6) is 0 Å². The average molecular weight is 345 g/mol. The number of allylic oxidation sites excluding steroid dienone is 10. The molecular weight excluding hydrogens is 308 g/mol. The minimum atomic E-state index is -0.151. The van der Waals surface area contributed by atoms with E-state index in [1.54, 1.807) is 0 Å². The van der Waals surface area contributed by atoms with E-state index in [9.17, 15) is 4.79 Å². The first-order valence-electron chi connectivity index (χ1n) is 9.63. The van der Waals surface area contributed by atoms with Crippen molar-refractivity contribution >= 4 is 5.97 Å². The minimum Gasteiger partial charge on any atom is -0.469 e. The van der Waals surface area contributed by atoms with E-state index in [2.05, 4.69) is 66.3 Å². The Morgan fingerprint density at radius 1 is 0.680 bits per heavy atom. The zero-order valence-corrected chi connectivity index (χ0v) is 16.2. The van der Waals surface area contributed by atoms with E-state index in [0.717, 1.165) is 32.1 Å². The van der Waals surface area contributed by atoms with Crippen molar-refractivity contribution in [3.8, 4) is 0 Å².